The molecule has 0 aromatic rings. The molecule has 0 heterocycles. The van der Waals surface area contributed by atoms with E-state index in [-0.39, 0.29) is 6.61 Å². The Kier molecular flexibility index (Phi) is 7.26. The smallest absolute Gasteiger partial charge is 0.463 e. The normalized spacial score (nSPS) is 11.5. The van der Waals surface area contributed by atoms with Gasteiger partial charge in [-0.3, -0.25) is 4.84 Å². The average molecular weight is 253 g/mol. The van der Waals surface area contributed by atoms with Gasteiger partial charge in [0, 0.05) is 34.4 Å². The number of rotatable bonds is 8. The van der Waals surface area contributed by atoms with Crippen molar-refractivity contribution in [1.82, 2.24) is 5.06 Å². The Morgan fingerprint density at radius 3 is 2.12 bits per heavy atom. The highest BCUT2D eigenvalue weighted by atomic mass is 28.4. The van der Waals surface area contributed by atoms with Crippen molar-refractivity contribution in [1.29, 1.82) is 0 Å². The second-order valence-corrected chi connectivity index (χ2v) is 6.10. The average Bonchev–Trinajstić information content (AvgIpc) is 2.30. The van der Waals surface area contributed by atoms with Gasteiger partial charge in [-0.25, -0.2) is 4.79 Å². The van der Waals surface area contributed by atoms with Gasteiger partial charge in [-0.15, -0.1) is 0 Å². The van der Waals surface area contributed by atoms with Crippen LogP contribution in [0.25, 0.3) is 0 Å². The molecule has 0 rings (SSSR count). The first-order valence-corrected chi connectivity index (χ1v) is 6.69. The van der Waals surface area contributed by atoms with Gasteiger partial charge in [0.2, 0.25) is 0 Å². The van der Waals surface area contributed by atoms with Crippen molar-refractivity contribution in [3.63, 3.8) is 0 Å². The summed E-state index contributed by atoms with van der Waals surface area (Å²) in [4.78, 5) is 15.3. The van der Waals surface area contributed by atoms with Crippen molar-refractivity contribution in [3.05, 3.63) is 0 Å². The summed E-state index contributed by atoms with van der Waals surface area (Å²) in [5.41, 5.74) is 0. The maximum Gasteiger partial charge on any atom is 0.500 e. The molecule has 0 aromatic carbocycles. The maximum absolute atomic E-state index is 10.4. The van der Waals surface area contributed by atoms with Gasteiger partial charge in [0.25, 0.3) is 0 Å². The Morgan fingerprint density at radius 2 is 1.75 bits per heavy atom. The third-order valence-electron chi connectivity index (χ3n) is 2.11. The van der Waals surface area contributed by atoms with Crippen LogP contribution < -0.4 is 0 Å². The predicted octanol–water partition coefficient (Wildman–Crippen LogP) is 0.796. The van der Waals surface area contributed by atoms with Crippen molar-refractivity contribution in [3.8, 4) is 0 Å². The number of amides is 1. The summed E-state index contributed by atoms with van der Waals surface area (Å²) < 4.78 is 15.6. The first kappa shape index (κ1) is 15.3. The van der Waals surface area contributed by atoms with Crippen LogP contribution in [-0.2, 0) is 18.1 Å². The standard InChI is InChI=1S/C8H19NO6Si/c1-9(8(10)11)15-6-5-7-16(12-2,13-3)14-4/h5-7H2,1-4H3,(H,10,11). The van der Waals surface area contributed by atoms with E-state index in [1.54, 1.807) is 0 Å². The van der Waals surface area contributed by atoms with Crippen molar-refractivity contribution < 1.29 is 28.0 Å². The van der Waals surface area contributed by atoms with E-state index in [4.69, 9.17) is 23.2 Å². The van der Waals surface area contributed by atoms with Crippen molar-refractivity contribution in [2.45, 2.75) is 12.5 Å². The van der Waals surface area contributed by atoms with Gasteiger partial charge in [-0.1, -0.05) is 0 Å². The van der Waals surface area contributed by atoms with E-state index in [0.29, 0.717) is 12.5 Å². The summed E-state index contributed by atoms with van der Waals surface area (Å²) in [6.45, 7) is 0.271. The Balaban J connectivity index is 3.83. The fourth-order valence-corrected chi connectivity index (χ4v) is 2.79. The van der Waals surface area contributed by atoms with Gasteiger partial charge in [-0.2, -0.15) is 5.06 Å². The third kappa shape index (κ3) is 4.90. The Hall–Kier alpha value is -0.673. The van der Waals surface area contributed by atoms with E-state index in [1.807, 2.05) is 0 Å². The summed E-state index contributed by atoms with van der Waals surface area (Å²) in [5.74, 6) is 0. The van der Waals surface area contributed by atoms with Crippen LogP contribution in [0.15, 0.2) is 0 Å². The van der Waals surface area contributed by atoms with E-state index in [2.05, 4.69) is 0 Å². The van der Waals surface area contributed by atoms with Gasteiger partial charge in [0.1, 0.15) is 0 Å². The Bertz CT molecular complexity index is 202. The molecular formula is C8H19NO6Si. The molecule has 0 saturated carbocycles. The first-order valence-electron chi connectivity index (χ1n) is 4.76. The molecule has 0 aromatic heterocycles. The van der Waals surface area contributed by atoms with Crippen molar-refractivity contribution in [2.75, 3.05) is 35.0 Å². The topological polar surface area (TPSA) is 77.5 Å². The summed E-state index contributed by atoms with van der Waals surface area (Å²) in [5, 5.41) is 9.27. The van der Waals surface area contributed by atoms with E-state index < -0.39 is 14.9 Å². The lowest BCUT2D eigenvalue weighted by Gasteiger charge is -2.24. The Morgan fingerprint density at radius 1 is 1.25 bits per heavy atom. The number of hydrogen-bond donors (Lipinski definition) is 1. The summed E-state index contributed by atoms with van der Waals surface area (Å²) in [7, 11) is 3.36. The van der Waals surface area contributed by atoms with E-state index >= 15 is 0 Å². The van der Waals surface area contributed by atoms with Crippen molar-refractivity contribution in [2.24, 2.45) is 0 Å². The molecule has 8 heteroatoms. The summed E-state index contributed by atoms with van der Waals surface area (Å²) in [6, 6.07) is 0.573. The molecule has 1 amide bonds. The maximum atomic E-state index is 10.4. The van der Waals surface area contributed by atoms with Crippen LogP contribution in [0.5, 0.6) is 0 Å². The van der Waals surface area contributed by atoms with E-state index in [1.165, 1.54) is 28.4 Å². The number of hydrogen-bond acceptors (Lipinski definition) is 5. The minimum Gasteiger partial charge on any atom is -0.463 e. The van der Waals surface area contributed by atoms with Crippen molar-refractivity contribution >= 4 is 14.9 Å². The van der Waals surface area contributed by atoms with Crippen LogP contribution in [0, 0.1) is 0 Å². The highest BCUT2D eigenvalue weighted by Crippen LogP contribution is 2.14. The largest absolute Gasteiger partial charge is 0.500 e. The molecule has 7 nitrogen and oxygen atoms in total. The highest BCUT2D eigenvalue weighted by molar-refractivity contribution is 6.60. The molecule has 0 aliphatic rings. The predicted molar refractivity (Wildman–Crippen MR) is 57.9 cm³/mol. The monoisotopic (exact) mass is 253 g/mol. The second-order valence-electron chi connectivity index (χ2n) is 3.01. The quantitative estimate of drug-likeness (QED) is 0.391. The van der Waals surface area contributed by atoms with E-state index in [0.717, 1.165) is 5.06 Å². The lowest BCUT2D eigenvalue weighted by molar-refractivity contribution is -0.113. The molecule has 1 N–H and O–H groups in total. The molecule has 0 aliphatic carbocycles. The molecule has 0 radical (unpaired) electrons. The van der Waals surface area contributed by atoms with E-state index in [9.17, 15) is 4.79 Å². The molecule has 0 fully saturated rings. The zero-order chi connectivity index (χ0) is 12.6. The lowest BCUT2D eigenvalue weighted by Crippen LogP contribution is -2.43. The number of hydroxylamine groups is 2. The van der Waals surface area contributed by atoms with Crippen LogP contribution in [-0.4, -0.2) is 60.1 Å². The van der Waals surface area contributed by atoms with Gasteiger partial charge >= 0.3 is 14.9 Å². The summed E-state index contributed by atoms with van der Waals surface area (Å²) in [6.07, 6.45) is -0.534. The number of nitrogens with zero attached hydrogens (tertiary/aromatic N) is 1. The molecule has 0 spiro atoms. The minimum atomic E-state index is -2.56. The zero-order valence-electron chi connectivity index (χ0n) is 10.1. The number of carboxylic acid groups (broad SMARTS) is 1. The number of carbonyl (C=O) groups is 1. The zero-order valence-corrected chi connectivity index (χ0v) is 11.1. The molecule has 16 heavy (non-hydrogen) atoms. The van der Waals surface area contributed by atoms with Crippen LogP contribution in [0.2, 0.25) is 6.04 Å². The molecule has 96 valence electrons. The molecule has 0 bridgehead atoms. The lowest BCUT2D eigenvalue weighted by atomic mass is 10.5. The van der Waals surface area contributed by atoms with Crippen LogP contribution >= 0.6 is 0 Å². The SMILES string of the molecule is CO[Si](CCCON(C)C(=O)O)(OC)OC. The molecule has 0 aliphatic heterocycles. The fraction of sp³-hybridized carbons (Fsp3) is 0.875. The molecule has 0 atom stereocenters. The highest BCUT2D eigenvalue weighted by Gasteiger charge is 2.36. The Labute approximate surface area is 96.2 Å². The van der Waals surface area contributed by atoms with Gasteiger partial charge in [0.15, 0.2) is 0 Å². The second kappa shape index (κ2) is 7.58. The molecule has 0 unspecified atom stereocenters. The third-order valence-corrected chi connectivity index (χ3v) is 4.95. The van der Waals surface area contributed by atoms with Crippen LogP contribution in [0.3, 0.4) is 0 Å². The first-order chi connectivity index (χ1) is 7.51. The van der Waals surface area contributed by atoms with Crippen LogP contribution in [0.4, 0.5) is 4.79 Å². The summed E-state index contributed by atoms with van der Waals surface area (Å²) >= 11 is 0. The molecular weight excluding hydrogens is 234 g/mol. The minimum absolute atomic E-state index is 0.271. The van der Waals surface area contributed by atoms with Gasteiger partial charge in [0.05, 0.1) is 6.61 Å². The molecule has 0 saturated heterocycles. The van der Waals surface area contributed by atoms with Gasteiger partial charge in [-0.05, 0) is 6.42 Å². The van der Waals surface area contributed by atoms with Gasteiger partial charge < -0.3 is 18.4 Å². The van der Waals surface area contributed by atoms with Crippen LogP contribution in [0.1, 0.15) is 6.42 Å². The fourth-order valence-electron chi connectivity index (χ4n) is 1.10.